The highest BCUT2D eigenvalue weighted by atomic mass is 19.1. The number of amides is 1. The third-order valence-electron chi connectivity index (χ3n) is 5.30. The van der Waals surface area contributed by atoms with Crippen molar-refractivity contribution in [2.45, 2.75) is 44.7 Å². The lowest BCUT2D eigenvalue weighted by molar-refractivity contribution is -0.122. The van der Waals surface area contributed by atoms with Gasteiger partial charge in [-0.2, -0.15) is 5.10 Å². The van der Waals surface area contributed by atoms with E-state index in [1.165, 1.54) is 0 Å². The van der Waals surface area contributed by atoms with Crippen LogP contribution in [0.1, 0.15) is 35.2 Å². The first-order valence-electron chi connectivity index (χ1n) is 9.38. The molecule has 1 atom stereocenters. The molecule has 0 bridgehead atoms. The monoisotopic (exact) mass is 366 g/mol. The number of aromatic nitrogens is 2. The number of rotatable bonds is 5. The highest BCUT2D eigenvalue weighted by molar-refractivity contribution is 5.84. The topological polar surface area (TPSA) is 83.8 Å². The first-order chi connectivity index (χ1) is 13.1. The van der Waals surface area contributed by atoms with Crippen LogP contribution in [0.15, 0.2) is 36.4 Å². The quantitative estimate of drug-likeness (QED) is 0.649. The molecule has 6 heteroatoms. The Morgan fingerprint density at radius 2 is 2.04 bits per heavy atom. The Labute approximate surface area is 157 Å². The Kier molecular flexibility index (Phi) is 4.90. The number of carbonyl (C=O) groups excluding carboxylic acids is 1. The zero-order valence-corrected chi connectivity index (χ0v) is 15.1. The summed E-state index contributed by atoms with van der Waals surface area (Å²) in [5.41, 5.74) is 10.1. The first kappa shape index (κ1) is 17.7. The summed E-state index contributed by atoms with van der Waals surface area (Å²) >= 11 is 0. The maximum atomic E-state index is 14.7. The van der Waals surface area contributed by atoms with Gasteiger partial charge in [-0.15, -0.1) is 0 Å². The van der Waals surface area contributed by atoms with Crippen LogP contribution in [0, 0.1) is 5.82 Å². The van der Waals surface area contributed by atoms with Crippen molar-refractivity contribution in [1.29, 1.82) is 0 Å². The summed E-state index contributed by atoms with van der Waals surface area (Å²) in [6.45, 7) is 0.148. The summed E-state index contributed by atoms with van der Waals surface area (Å²) in [5, 5.41) is 10.9. The number of nitrogens with two attached hydrogens (primary N) is 1. The van der Waals surface area contributed by atoms with Crippen molar-refractivity contribution in [3.05, 3.63) is 64.6 Å². The fourth-order valence-corrected chi connectivity index (χ4v) is 3.76. The Hall–Kier alpha value is -2.73. The largest absolute Gasteiger partial charge is 0.351 e. The van der Waals surface area contributed by atoms with Crippen LogP contribution in [0.5, 0.6) is 0 Å². The molecule has 4 rings (SSSR count). The molecule has 1 unspecified atom stereocenters. The number of hydrogen-bond donors (Lipinski definition) is 3. The number of aromatic amines is 1. The van der Waals surface area contributed by atoms with E-state index < -0.39 is 6.04 Å². The number of fused-ring (bicyclic) bond motifs is 2. The molecule has 140 valence electrons. The summed E-state index contributed by atoms with van der Waals surface area (Å²) < 4.78 is 14.7. The third-order valence-corrected chi connectivity index (χ3v) is 5.30. The van der Waals surface area contributed by atoms with E-state index in [2.05, 4.69) is 15.5 Å². The Morgan fingerprint density at radius 1 is 1.22 bits per heavy atom. The zero-order valence-electron chi connectivity index (χ0n) is 15.1. The van der Waals surface area contributed by atoms with E-state index in [0.717, 1.165) is 53.4 Å². The van der Waals surface area contributed by atoms with Gasteiger partial charge in [0.15, 0.2) is 0 Å². The first-order valence-corrected chi connectivity index (χ1v) is 9.38. The van der Waals surface area contributed by atoms with Gasteiger partial charge in [0.2, 0.25) is 5.91 Å². The SMILES string of the molecule is NC(Cc1[nH]nc2ccccc12)C(=O)NCc1ccc2c(c1F)CCCC2. The second-order valence-electron chi connectivity index (χ2n) is 7.13. The molecule has 0 saturated carbocycles. The van der Waals surface area contributed by atoms with E-state index >= 15 is 0 Å². The van der Waals surface area contributed by atoms with Crippen LogP contribution in [0.25, 0.3) is 10.9 Å². The van der Waals surface area contributed by atoms with Crippen molar-refractivity contribution in [2.75, 3.05) is 0 Å². The summed E-state index contributed by atoms with van der Waals surface area (Å²) in [5.74, 6) is -0.480. The molecule has 4 N–H and O–H groups in total. The molecule has 0 fully saturated rings. The molecule has 2 aromatic carbocycles. The lowest BCUT2D eigenvalue weighted by Crippen LogP contribution is -2.41. The van der Waals surface area contributed by atoms with Crippen LogP contribution in [0.2, 0.25) is 0 Å². The van der Waals surface area contributed by atoms with Crippen molar-refractivity contribution < 1.29 is 9.18 Å². The highest BCUT2D eigenvalue weighted by Gasteiger charge is 2.19. The summed E-state index contributed by atoms with van der Waals surface area (Å²) in [6.07, 6.45) is 4.18. The number of para-hydroxylation sites is 1. The normalized spacial score (nSPS) is 14.7. The van der Waals surface area contributed by atoms with Gasteiger partial charge in [0.25, 0.3) is 0 Å². The van der Waals surface area contributed by atoms with Gasteiger partial charge in [0.05, 0.1) is 11.6 Å². The van der Waals surface area contributed by atoms with E-state index in [1.807, 2.05) is 30.3 Å². The van der Waals surface area contributed by atoms with Crippen LogP contribution >= 0.6 is 0 Å². The summed E-state index contributed by atoms with van der Waals surface area (Å²) in [6, 6.07) is 10.7. The number of nitrogens with one attached hydrogen (secondary N) is 2. The van der Waals surface area contributed by atoms with Gasteiger partial charge >= 0.3 is 0 Å². The Morgan fingerprint density at radius 3 is 2.93 bits per heavy atom. The van der Waals surface area contributed by atoms with Crippen LogP contribution in [0.3, 0.4) is 0 Å². The molecule has 27 heavy (non-hydrogen) atoms. The fraction of sp³-hybridized carbons (Fsp3) is 0.333. The summed E-state index contributed by atoms with van der Waals surface area (Å²) in [7, 11) is 0. The van der Waals surface area contributed by atoms with Crippen LogP contribution in [-0.2, 0) is 30.6 Å². The average molecular weight is 366 g/mol. The van der Waals surface area contributed by atoms with Gasteiger partial charge in [-0.1, -0.05) is 30.3 Å². The van der Waals surface area contributed by atoms with Gasteiger partial charge in [0.1, 0.15) is 5.82 Å². The standard InChI is InChI=1S/C21H23FN4O/c22-20-14(10-9-13-5-1-2-6-15(13)20)12-24-21(27)17(23)11-19-16-7-3-4-8-18(16)25-26-19/h3-4,7-10,17H,1-2,5-6,11-12,23H2,(H,24,27)(H,25,26). The molecule has 5 nitrogen and oxygen atoms in total. The molecule has 1 aliphatic carbocycles. The lowest BCUT2D eigenvalue weighted by atomic mass is 9.90. The molecular weight excluding hydrogens is 343 g/mol. The van der Waals surface area contributed by atoms with Gasteiger partial charge < -0.3 is 11.1 Å². The lowest BCUT2D eigenvalue weighted by Gasteiger charge is -2.19. The maximum absolute atomic E-state index is 14.7. The second-order valence-corrected chi connectivity index (χ2v) is 7.13. The van der Waals surface area contributed by atoms with Gasteiger partial charge in [-0.3, -0.25) is 9.89 Å². The zero-order chi connectivity index (χ0) is 18.8. The second kappa shape index (κ2) is 7.48. The predicted molar refractivity (Wildman–Crippen MR) is 103 cm³/mol. The van der Waals surface area contributed by atoms with E-state index in [1.54, 1.807) is 6.07 Å². The number of H-pyrrole nitrogens is 1. The number of benzene rings is 2. The average Bonchev–Trinajstić information content (AvgIpc) is 3.10. The van der Waals surface area contributed by atoms with Gasteiger partial charge in [-0.25, -0.2) is 4.39 Å². The molecule has 3 aromatic rings. The van der Waals surface area contributed by atoms with Crippen LogP contribution in [0.4, 0.5) is 4.39 Å². The van der Waals surface area contributed by atoms with E-state index in [4.69, 9.17) is 5.73 Å². The number of aryl methyl sites for hydroxylation is 1. The molecule has 1 amide bonds. The van der Waals surface area contributed by atoms with Gasteiger partial charge in [0, 0.05) is 29.6 Å². The van der Waals surface area contributed by atoms with E-state index in [-0.39, 0.29) is 18.3 Å². The van der Waals surface area contributed by atoms with E-state index in [9.17, 15) is 9.18 Å². The van der Waals surface area contributed by atoms with Crippen LogP contribution in [-0.4, -0.2) is 22.1 Å². The number of carbonyl (C=O) groups is 1. The highest BCUT2D eigenvalue weighted by Crippen LogP contribution is 2.26. The van der Waals surface area contributed by atoms with Crippen molar-refractivity contribution in [1.82, 2.24) is 15.5 Å². The maximum Gasteiger partial charge on any atom is 0.237 e. The van der Waals surface area contributed by atoms with Crippen molar-refractivity contribution in [3.8, 4) is 0 Å². The molecule has 0 radical (unpaired) electrons. The molecule has 1 aromatic heterocycles. The minimum absolute atomic E-state index is 0.148. The number of hydrogen-bond acceptors (Lipinski definition) is 3. The fourth-order valence-electron chi connectivity index (χ4n) is 3.76. The Bertz CT molecular complexity index is 981. The molecule has 1 aliphatic rings. The molecular formula is C21H23FN4O. The molecule has 0 aliphatic heterocycles. The van der Waals surface area contributed by atoms with Crippen LogP contribution < -0.4 is 11.1 Å². The molecule has 0 spiro atoms. The number of nitrogens with zero attached hydrogens (tertiary/aromatic N) is 1. The predicted octanol–water partition coefficient (Wildman–Crippen LogP) is 2.77. The third kappa shape index (κ3) is 3.57. The van der Waals surface area contributed by atoms with Gasteiger partial charge in [-0.05, 0) is 42.9 Å². The Balaban J connectivity index is 1.40. The minimum Gasteiger partial charge on any atom is -0.351 e. The molecule has 1 heterocycles. The van der Waals surface area contributed by atoms with Crippen molar-refractivity contribution in [2.24, 2.45) is 5.73 Å². The number of halogens is 1. The minimum atomic E-state index is -0.727. The van der Waals surface area contributed by atoms with Crippen molar-refractivity contribution >= 4 is 16.8 Å². The smallest absolute Gasteiger partial charge is 0.237 e. The van der Waals surface area contributed by atoms with Crippen molar-refractivity contribution in [3.63, 3.8) is 0 Å². The summed E-state index contributed by atoms with van der Waals surface area (Å²) in [4.78, 5) is 12.4. The molecule has 0 saturated heterocycles. The van der Waals surface area contributed by atoms with E-state index in [0.29, 0.717) is 12.0 Å².